The molecule has 176 valence electrons. The molecule has 7 heteroatoms. The molecule has 0 aliphatic rings. The van der Waals surface area contributed by atoms with E-state index >= 15 is 0 Å². The molecule has 0 aromatic heterocycles. The van der Waals surface area contributed by atoms with E-state index in [-0.39, 0.29) is 17.7 Å². The van der Waals surface area contributed by atoms with Gasteiger partial charge in [-0.2, -0.15) is 0 Å². The molecule has 34 heavy (non-hydrogen) atoms. The van der Waals surface area contributed by atoms with Crippen LogP contribution in [0.15, 0.2) is 72.8 Å². The Hall–Kier alpha value is -4.13. The maximum absolute atomic E-state index is 12.5. The van der Waals surface area contributed by atoms with Crippen LogP contribution in [0, 0.1) is 13.8 Å². The molecule has 0 heterocycles. The third-order valence-electron chi connectivity index (χ3n) is 5.02. The van der Waals surface area contributed by atoms with Crippen molar-refractivity contribution in [3.8, 4) is 5.75 Å². The Morgan fingerprint density at radius 2 is 1.29 bits per heavy atom. The molecule has 0 saturated carbocycles. The molecule has 3 N–H and O–H groups in total. The fourth-order valence-electron chi connectivity index (χ4n) is 3.35. The number of benzene rings is 3. The third-order valence-corrected chi connectivity index (χ3v) is 5.02. The fraction of sp³-hybridized carbons (Fsp3) is 0.222. The van der Waals surface area contributed by atoms with Gasteiger partial charge >= 0.3 is 0 Å². The van der Waals surface area contributed by atoms with E-state index in [9.17, 15) is 14.4 Å². The first-order valence-corrected chi connectivity index (χ1v) is 11.1. The Morgan fingerprint density at radius 1 is 0.765 bits per heavy atom. The van der Waals surface area contributed by atoms with Gasteiger partial charge in [0.2, 0.25) is 0 Å². The van der Waals surface area contributed by atoms with Gasteiger partial charge in [0.15, 0.2) is 6.10 Å². The molecule has 7 nitrogen and oxygen atoms in total. The molecule has 0 bridgehead atoms. The summed E-state index contributed by atoms with van der Waals surface area (Å²) >= 11 is 0. The number of nitrogens with one attached hydrogen (secondary N) is 3. The van der Waals surface area contributed by atoms with Crippen LogP contribution < -0.4 is 20.7 Å². The van der Waals surface area contributed by atoms with Gasteiger partial charge in [0, 0.05) is 29.9 Å². The van der Waals surface area contributed by atoms with Crippen molar-refractivity contribution in [1.29, 1.82) is 0 Å². The smallest absolute Gasteiger partial charge is 0.265 e. The summed E-state index contributed by atoms with van der Waals surface area (Å²) in [5.41, 5.74) is 3.71. The molecule has 1 unspecified atom stereocenters. The highest BCUT2D eigenvalue weighted by atomic mass is 16.5. The van der Waals surface area contributed by atoms with Crippen molar-refractivity contribution in [3.63, 3.8) is 0 Å². The Balaban J connectivity index is 1.44. The summed E-state index contributed by atoms with van der Waals surface area (Å²) < 4.78 is 5.77. The van der Waals surface area contributed by atoms with Gasteiger partial charge in [-0.05, 0) is 80.4 Å². The summed E-state index contributed by atoms with van der Waals surface area (Å²) in [6.45, 7) is 6.24. The topological polar surface area (TPSA) is 96.5 Å². The average molecular weight is 460 g/mol. The van der Waals surface area contributed by atoms with E-state index in [0.717, 1.165) is 11.1 Å². The first kappa shape index (κ1) is 24.5. The average Bonchev–Trinajstić information content (AvgIpc) is 2.82. The van der Waals surface area contributed by atoms with Crippen LogP contribution in [0.25, 0.3) is 0 Å². The lowest BCUT2D eigenvalue weighted by atomic mass is 10.1. The maximum atomic E-state index is 12.5. The number of anilines is 1. The number of hydrogen-bond acceptors (Lipinski definition) is 4. The molecule has 0 spiro atoms. The second kappa shape index (κ2) is 11.7. The monoisotopic (exact) mass is 459 g/mol. The summed E-state index contributed by atoms with van der Waals surface area (Å²) in [6, 6.07) is 21.3. The molecule has 3 amide bonds. The predicted molar refractivity (Wildman–Crippen MR) is 132 cm³/mol. The Bertz CT molecular complexity index is 1120. The Labute approximate surface area is 199 Å². The van der Waals surface area contributed by atoms with Crippen molar-refractivity contribution in [2.24, 2.45) is 0 Å². The third kappa shape index (κ3) is 7.20. The first-order chi connectivity index (χ1) is 16.3. The number of rotatable bonds is 9. The second-order valence-electron chi connectivity index (χ2n) is 8.03. The van der Waals surface area contributed by atoms with E-state index in [1.165, 1.54) is 0 Å². The molecule has 3 rings (SSSR count). The molecular weight excluding hydrogens is 430 g/mol. The molecule has 1 atom stereocenters. The molecule has 0 aliphatic heterocycles. The number of aryl methyl sites for hydroxylation is 2. The zero-order valence-electron chi connectivity index (χ0n) is 19.6. The van der Waals surface area contributed by atoms with Crippen LogP contribution in [0.2, 0.25) is 0 Å². The van der Waals surface area contributed by atoms with Gasteiger partial charge in [0.1, 0.15) is 5.75 Å². The lowest BCUT2D eigenvalue weighted by molar-refractivity contribution is -0.122. The van der Waals surface area contributed by atoms with Crippen molar-refractivity contribution >= 4 is 23.4 Å². The molecule has 3 aromatic carbocycles. The summed E-state index contributed by atoms with van der Waals surface area (Å²) in [6.07, 6.45) is -0.685. The lowest BCUT2D eigenvalue weighted by Crippen LogP contribution is -2.34. The lowest BCUT2D eigenvalue weighted by Gasteiger charge is -2.16. The highest BCUT2D eigenvalue weighted by molar-refractivity contribution is 5.97. The number of carbonyl (C=O) groups excluding carboxylic acids is 3. The van der Waals surface area contributed by atoms with Crippen molar-refractivity contribution in [1.82, 2.24) is 10.6 Å². The van der Waals surface area contributed by atoms with Gasteiger partial charge in [0.25, 0.3) is 17.7 Å². The summed E-state index contributed by atoms with van der Waals surface area (Å²) in [7, 11) is 0. The summed E-state index contributed by atoms with van der Waals surface area (Å²) in [4.78, 5) is 36.8. The Morgan fingerprint density at radius 3 is 1.85 bits per heavy atom. The minimum atomic E-state index is -0.685. The molecule has 0 fully saturated rings. The van der Waals surface area contributed by atoms with Crippen molar-refractivity contribution in [3.05, 3.63) is 95.1 Å². The zero-order valence-corrected chi connectivity index (χ0v) is 19.6. The van der Waals surface area contributed by atoms with E-state index in [0.29, 0.717) is 35.7 Å². The van der Waals surface area contributed by atoms with Crippen LogP contribution in [0.1, 0.15) is 38.8 Å². The SMILES string of the molecule is Cc1cc(C)cc(OC(C)C(=O)Nc2ccc(C(=O)NCCNC(=O)c3ccccc3)cc2)c1. The van der Waals surface area contributed by atoms with Gasteiger partial charge < -0.3 is 20.7 Å². The summed E-state index contributed by atoms with van der Waals surface area (Å²) in [5, 5.41) is 8.31. The van der Waals surface area contributed by atoms with Gasteiger partial charge in [-0.15, -0.1) is 0 Å². The normalized spacial score (nSPS) is 11.3. The maximum Gasteiger partial charge on any atom is 0.265 e. The number of carbonyl (C=O) groups is 3. The largest absolute Gasteiger partial charge is 0.481 e. The van der Waals surface area contributed by atoms with Crippen LogP contribution in [0.3, 0.4) is 0 Å². The van der Waals surface area contributed by atoms with Gasteiger partial charge in [-0.3, -0.25) is 14.4 Å². The van der Waals surface area contributed by atoms with Crippen LogP contribution in [-0.2, 0) is 4.79 Å². The number of ether oxygens (including phenoxy) is 1. The highest BCUT2D eigenvalue weighted by Crippen LogP contribution is 2.18. The zero-order chi connectivity index (χ0) is 24.5. The molecule has 0 aliphatic carbocycles. The van der Waals surface area contributed by atoms with Crippen molar-refractivity contribution < 1.29 is 19.1 Å². The standard InChI is InChI=1S/C27H29N3O4/c1-18-15-19(2)17-24(16-18)34-20(3)25(31)30-23-11-9-22(10-12-23)27(33)29-14-13-28-26(32)21-7-5-4-6-8-21/h4-12,15-17,20H,13-14H2,1-3H3,(H,28,32)(H,29,33)(H,30,31). The van der Waals surface area contributed by atoms with Crippen LogP contribution >= 0.6 is 0 Å². The van der Waals surface area contributed by atoms with E-state index in [1.807, 2.05) is 38.1 Å². The summed E-state index contributed by atoms with van der Waals surface area (Å²) in [5.74, 6) is -0.0957. The predicted octanol–water partition coefficient (Wildman–Crippen LogP) is 3.87. The van der Waals surface area contributed by atoms with Crippen LogP contribution in [-0.4, -0.2) is 36.9 Å². The van der Waals surface area contributed by atoms with E-state index < -0.39 is 6.10 Å². The molecule has 3 aromatic rings. The van der Waals surface area contributed by atoms with E-state index in [2.05, 4.69) is 16.0 Å². The van der Waals surface area contributed by atoms with Gasteiger partial charge in [-0.1, -0.05) is 24.3 Å². The second-order valence-corrected chi connectivity index (χ2v) is 8.03. The number of amides is 3. The Kier molecular flexibility index (Phi) is 8.40. The fourth-order valence-corrected chi connectivity index (χ4v) is 3.35. The van der Waals surface area contributed by atoms with E-state index in [1.54, 1.807) is 55.5 Å². The van der Waals surface area contributed by atoms with Crippen molar-refractivity contribution in [2.75, 3.05) is 18.4 Å². The molecule has 0 radical (unpaired) electrons. The minimum absolute atomic E-state index is 0.189. The van der Waals surface area contributed by atoms with Crippen LogP contribution in [0.5, 0.6) is 5.75 Å². The van der Waals surface area contributed by atoms with Crippen LogP contribution in [0.4, 0.5) is 5.69 Å². The number of hydrogen-bond donors (Lipinski definition) is 3. The van der Waals surface area contributed by atoms with Gasteiger partial charge in [0.05, 0.1) is 0 Å². The first-order valence-electron chi connectivity index (χ1n) is 11.1. The highest BCUT2D eigenvalue weighted by Gasteiger charge is 2.16. The van der Waals surface area contributed by atoms with E-state index in [4.69, 9.17) is 4.74 Å². The van der Waals surface area contributed by atoms with Crippen molar-refractivity contribution in [2.45, 2.75) is 26.9 Å². The quantitative estimate of drug-likeness (QED) is 0.423. The van der Waals surface area contributed by atoms with Gasteiger partial charge in [-0.25, -0.2) is 0 Å². The molecular formula is C27H29N3O4. The molecule has 0 saturated heterocycles. The minimum Gasteiger partial charge on any atom is -0.481 e.